The van der Waals surface area contributed by atoms with E-state index in [0.29, 0.717) is 17.3 Å². The third kappa shape index (κ3) is 3.54. The van der Waals surface area contributed by atoms with E-state index in [1.807, 2.05) is 6.92 Å². The second kappa shape index (κ2) is 6.47. The Bertz CT molecular complexity index is 569. The highest BCUT2D eigenvalue weighted by atomic mass is 19.1. The Hall–Kier alpha value is -1.95. The van der Waals surface area contributed by atoms with Crippen LogP contribution in [0.3, 0.4) is 0 Å². The molecule has 1 aromatic heterocycles. The molecule has 6 heteroatoms. The SMILES string of the molecule is CCCc1noc(COc2cc(F)ccc2[C@@H](C)O)n1. The van der Waals surface area contributed by atoms with Gasteiger partial charge >= 0.3 is 0 Å². The molecule has 0 unspecified atom stereocenters. The third-order valence-corrected chi connectivity index (χ3v) is 2.76. The van der Waals surface area contributed by atoms with Gasteiger partial charge in [-0.3, -0.25) is 0 Å². The molecule has 0 radical (unpaired) electrons. The molecule has 0 amide bonds. The molecule has 5 nitrogen and oxygen atoms in total. The highest BCUT2D eigenvalue weighted by molar-refractivity contribution is 5.35. The molecular weight excluding hydrogens is 263 g/mol. The van der Waals surface area contributed by atoms with Crippen LogP contribution in [0.2, 0.25) is 0 Å². The molecule has 0 bridgehead atoms. The highest BCUT2D eigenvalue weighted by Gasteiger charge is 2.12. The van der Waals surface area contributed by atoms with Crippen LogP contribution >= 0.6 is 0 Å². The molecule has 2 aromatic rings. The predicted octanol–water partition coefficient (Wildman–Crippen LogP) is 2.79. The summed E-state index contributed by atoms with van der Waals surface area (Å²) in [6, 6.07) is 4.00. The van der Waals surface area contributed by atoms with Crippen molar-refractivity contribution in [1.82, 2.24) is 10.1 Å². The summed E-state index contributed by atoms with van der Waals surface area (Å²) in [4.78, 5) is 4.15. The summed E-state index contributed by atoms with van der Waals surface area (Å²) in [6.07, 6.45) is 0.919. The summed E-state index contributed by atoms with van der Waals surface area (Å²) < 4.78 is 23.7. The van der Waals surface area contributed by atoms with Crippen LogP contribution in [0.15, 0.2) is 22.7 Å². The first-order valence-electron chi connectivity index (χ1n) is 6.52. The zero-order chi connectivity index (χ0) is 14.5. The highest BCUT2D eigenvalue weighted by Crippen LogP contribution is 2.26. The zero-order valence-electron chi connectivity index (χ0n) is 11.5. The van der Waals surface area contributed by atoms with Gasteiger partial charge in [-0.15, -0.1) is 0 Å². The molecule has 0 saturated carbocycles. The average Bonchev–Trinajstić information content (AvgIpc) is 2.84. The Balaban J connectivity index is 2.07. The number of ether oxygens (including phenoxy) is 1. The van der Waals surface area contributed by atoms with E-state index in [0.717, 1.165) is 12.8 Å². The summed E-state index contributed by atoms with van der Waals surface area (Å²) in [5, 5.41) is 13.4. The van der Waals surface area contributed by atoms with Crippen molar-refractivity contribution in [3.63, 3.8) is 0 Å². The Morgan fingerprint density at radius 2 is 2.25 bits per heavy atom. The van der Waals surface area contributed by atoms with Crippen molar-refractivity contribution >= 4 is 0 Å². The molecule has 1 heterocycles. The number of aromatic nitrogens is 2. The largest absolute Gasteiger partial charge is 0.483 e. The van der Waals surface area contributed by atoms with Crippen molar-refractivity contribution in [2.24, 2.45) is 0 Å². The Morgan fingerprint density at radius 3 is 2.95 bits per heavy atom. The van der Waals surface area contributed by atoms with Gasteiger partial charge in [0.25, 0.3) is 5.89 Å². The van der Waals surface area contributed by atoms with Crippen molar-refractivity contribution < 1.29 is 18.8 Å². The quantitative estimate of drug-likeness (QED) is 0.881. The lowest BCUT2D eigenvalue weighted by Crippen LogP contribution is -2.02. The second-order valence-corrected chi connectivity index (χ2v) is 4.50. The minimum Gasteiger partial charge on any atom is -0.483 e. The van der Waals surface area contributed by atoms with E-state index in [4.69, 9.17) is 9.26 Å². The number of hydrogen-bond donors (Lipinski definition) is 1. The van der Waals surface area contributed by atoms with Crippen LogP contribution in [-0.4, -0.2) is 15.2 Å². The predicted molar refractivity (Wildman–Crippen MR) is 69.7 cm³/mol. The molecule has 20 heavy (non-hydrogen) atoms. The Labute approximate surface area is 116 Å². The molecule has 0 fully saturated rings. The molecule has 1 atom stereocenters. The van der Waals surface area contributed by atoms with Crippen LogP contribution in [0.1, 0.15) is 43.7 Å². The minimum absolute atomic E-state index is 0.0416. The molecule has 108 valence electrons. The summed E-state index contributed by atoms with van der Waals surface area (Å²) in [6.45, 7) is 3.65. The van der Waals surface area contributed by atoms with Gasteiger partial charge in [0.1, 0.15) is 11.6 Å². The minimum atomic E-state index is -0.746. The fourth-order valence-corrected chi connectivity index (χ4v) is 1.79. The molecule has 0 aliphatic rings. The molecule has 2 rings (SSSR count). The monoisotopic (exact) mass is 280 g/mol. The van der Waals surface area contributed by atoms with Gasteiger partial charge in [-0.05, 0) is 25.5 Å². The first-order valence-corrected chi connectivity index (χ1v) is 6.52. The number of aliphatic hydroxyl groups excluding tert-OH is 1. The van der Waals surface area contributed by atoms with E-state index in [-0.39, 0.29) is 12.4 Å². The van der Waals surface area contributed by atoms with Gasteiger partial charge in [-0.2, -0.15) is 4.98 Å². The smallest absolute Gasteiger partial charge is 0.264 e. The van der Waals surface area contributed by atoms with Gasteiger partial charge in [0.05, 0.1) is 6.10 Å². The molecule has 0 aliphatic carbocycles. The van der Waals surface area contributed by atoms with Crippen LogP contribution in [0.4, 0.5) is 4.39 Å². The van der Waals surface area contributed by atoms with Gasteiger partial charge in [-0.1, -0.05) is 12.1 Å². The number of benzene rings is 1. The standard InChI is InChI=1S/C14H17FN2O3/c1-3-4-13-16-14(20-17-13)8-19-12-7-10(15)5-6-11(12)9(2)18/h5-7,9,18H,3-4,8H2,1-2H3/t9-/m1/s1. The second-order valence-electron chi connectivity index (χ2n) is 4.50. The summed E-state index contributed by atoms with van der Waals surface area (Å²) in [7, 11) is 0. The molecule has 0 saturated heterocycles. The van der Waals surface area contributed by atoms with Crippen LogP contribution in [0, 0.1) is 5.82 Å². The van der Waals surface area contributed by atoms with Crippen LogP contribution in [-0.2, 0) is 13.0 Å². The van der Waals surface area contributed by atoms with Crippen LogP contribution < -0.4 is 4.74 Å². The van der Waals surface area contributed by atoms with Crippen molar-refractivity contribution in [2.75, 3.05) is 0 Å². The van der Waals surface area contributed by atoms with Crippen LogP contribution in [0.5, 0.6) is 5.75 Å². The van der Waals surface area contributed by atoms with Gasteiger partial charge in [0.15, 0.2) is 12.4 Å². The lowest BCUT2D eigenvalue weighted by Gasteiger charge is -2.12. The Kier molecular flexibility index (Phi) is 4.68. The number of nitrogens with zero attached hydrogens (tertiary/aromatic N) is 2. The number of halogens is 1. The van der Waals surface area contributed by atoms with Gasteiger partial charge in [0.2, 0.25) is 0 Å². The fraction of sp³-hybridized carbons (Fsp3) is 0.429. The maximum atomic E-state index is 13.2. The van der Waals surface area contributed by atoms with Gasteiger partial charge < -0.3 is 14.4 Å². The van der Waals surface area contributed by atoms with Crippen molar-refractivity contribution in [1.29, 1.82) is 0 Å². The number of hydrogen-bond acceptors (Lipinski definition) is 5. The third-order valence-electron chi connectivity index (χ3n) is 2.76. The first-order chi connectivity index (χ1) is 9.60. The number of rotatable bonds is 6. The van der Waals surface area contributed by atoms with E-state index in [9.17, 15) is 9.50 Å². The van der Waals surface area contributed by atoms with Crippen LogP contribution in [0.25, 0.3) is 0 Å². The number of aryl methyl sites for hydroxylation is 1. The summed E-state index contributed by atoms with van der Waals surface area (Å²) in [5.74, 6) is 0.798. The molecule has 1 N–H and O–H groups in total. The van der Waals surface area contributed by atoms with E-state index in [2.05, 4.69) is 10.1 Å². The fourth-order valence-electron chi connectivity index (χ4n) is 1.79. The van der Waals surface area contributed by atoms with E-state index in [1.54, 1.807) is 6.92 Å². The maximum absolute atomic E-state index is 13.2. The first kappa shape index (κ1) is 14.5. The lowest BCUT2D eigenvalue weighted by molar-refractivity contribution is 0.185. The van der Waals surface area contributed by atoms with E-state index in [1.165, 1.54) is 18.2 Å². The normalized spacial score (nSPS) is 12.4. The van der Waals surface area contributed by atoms with E-state index >= 15 is 0 Å². The molecule has 0 aliphatic heterocycles. The number of aliphatic hydroxyl groups is 1. The Morgan fingerprint density at radius 1 is 1.45 bits per heavy atom. The molecule has 1 aromatic carbocycles. The van der Waals surface area contributed by atoms with E-state index < -0.39 is 11.9 Å². The maximum Gasteiger partial charge on any atom is 0.264 e. The van der Waals surface area contributed by atoms with Crippen molar-refractivity contribution in [3.8, 4) is 5.75 Å². The zero-order valence-corrected chi connectivity index (χ0v) is 11.5. The summed E-state index contributed by atoms with van der Waals surface area (Å²) >= 11 is 0. The topological polar surface area (TPSA) is 68.4 Å². The van der Waals surface area contributed by atoms with Crippen molar-refractivity contribution in [3.05, 3.63) is 41.3 Å². The molecule has 0 spiro atoms. The summed E-state index contributed by atoms with van der Waals surface area (Å²) in [5.41, 5.74) is 0.514. The average molecular weight is 280 g/mol. The van der Waals surface area contributed by atoms with Crippen molar-refractivity contribution in [2.45, 2.75) is 39.4 Å². The van der Waals surface area contributed by atoms with Gasteiger partial charge in [0, 0.05) is 18.1 Å². The van der Waals surface area contributed by atoms with Gasteiger partial charge in [-0.25, -0.2) is 4.39 Å². The lowest BCUT2D eigenvalue weighted by atomic mass is 10.1. The molecular formula is C14H17FN2O3.